The minimum absolute atomic E-state index is 0.229. The summed E-state index contributed by atoms with van der Waals surface area (Å²) >= 11 is 0. The summed E-state index contributed by atoms with van der Waals surface area (Å²) in [6, 6.07) is 13.7. The van der Waals surface area contributed by atoms with E-state index in [1.54, 1.807) is 18.4 Å². The molecule has 0 bridgehead atoms. The molecule has 3 aromatic rings. The largest absolute Gasteiger partial charge is 0.467 e. The van der Waals surface area contributed by atoms with Crippen LogP contribution in [-0.4, -0.2) is 37.0 Å². The Labute approximate surface area is 171 Å². The molecule has 1 aliphatic rings. The van der Waals surface area contributed by atoms with Crippen molar-refractivity contribution in [1.82, 2.24) is 10.2 Å². The molecule has 1 fully saturated rings. The van der Waals surface area contributed by atoms with E-state index in [9.17, 15) is 4.79 Å². The number of nitrogens with one attached hydrogen (secondary N) is 1. The molecule has 0 unspecified atom stereocenters. The minimum atomic E-state index is -0.229. The first-order valence-corrected chi connectivity index (χ1v) is 10.0. The van der Waals surface area contributed by atoms with Gasteiger partial charge in [0.05, 0.1) is 19.4 Å². The number of nitrogens with zero attached hydrogens (tertiary/aromatic N) is 2. The average Bonchev–Trinajstić information content (AvgIpc) is 3.41. The Morgan fingerprint density at radius 3 is 2.59 bits per heavy atom. The number of carbonyl (C=O) groups is 1. The molecular weight excluding hydrogens is 366 g/mol. The Morgan fingerprint density at radius 1 is 1.00 bits per heavy atom. The van der Waals surface area contributed by atoms with Gasteiger partial charge in [-0.05, 0) is 55.3 Å². The van der Waals surface area contributed by atoms with Crippen molar-refractivity contribution in [3.8, 4) is 0 Å². The fourth-order valence-electron chi connectivity index (χ4n) is 3.70. The van der Waals surface area contributed by atoms with Gasteiger partial charge >= 0.3 is 0 Å². The van der Waals surface area contributed by atoms with E-state index in [0.29, 0.717) is 24.6 Å². The van der Waals surface area contributed by atoms with Gasteiger partial charge in [-0.25, -0.2) is 0 Å². The number of furan rings is 2. The normalized spacial score (nSPS) is 14.9. The number of hydrogen-bond donors (Lipinski definition) is 1. The van der Waals surface area contributed by atoms with Gasteiger partial charge in [0.15, 0.2) is 5.76 Å². The second kappa shape index (κ2) is 8.57. The summed E-state index contributed by atoms with van der Waals surface area (Å²) in [5, 5.41) is 2.81. The smallest absolute Gasteiger partial charge is 0.287 e. The quantitative estimate of drug-likeness (QED) is 0.691. The highest BCUT2D eigenvalue weighted by Gasteiger charge is 2.20. The molecule has 0 spiro atoms. The standard InChI is InChI=1S/C23H27N3O3/c1-17-5-3-7-21(18(17)2)26-12-10-25(11-13-26)16-20-8-9-22(29-20)23(27)24-15-19-6-4-14-28-19/h3-9,14H,10-13,15-16H2,1-2H3,(H,24,27). The maximum Gasteiger partial charge on any atom is 0.287 e. The van der Waals surface area contributed by atoms with Gasteiger partial charge in [0.25, 0.3) is 5.91 Å². The van der Waals surface area contributed by atoms with Gasteiger partial charge < -0.3 is 19.1 Å². The number of rotatable bonds is 6. The molecule has 152 valence electrons. The predicted octanol–water partition coefficient (Wildman–Crippen LogP) is 3.74. The van der Waals surface area contributed by atoms with E-state index in [-0.39, 0.29) is 5.91 Å². The van der Waals surface area contributed by atoms with E-state index < -0.39 is 0 Å². The lowest BCUT2D eigenvalue weighted by atomic mass is 10.1. The third kappa shape index (κ3) is 4.54. The molecule has 3 heterocycles. The van der Waals surface area contributed by atoms with E-state index in [4.69, 9.17) is 8.83 Å². The molecule has 0 atom stereocenters. The first-order valence-electron chi connectivity index (χ1n) is 10.0. The van der Waals surface area contributed by atoms with Gasteiger partial charge in [-0.1, -0.05) is 12.1 Å². The molecule has 1 amide bonds. The van der Waals surface area contributed by atoms with Crippen LogP contribution in [-0.2, 0) is 13.1 Å². The van der Waals surface area contributed by atoms with Crippen molar-refractivity contribution < 1.29 is 13.6 Å². The van der Waals surface area contributed by atoms with Crippen LogP contribution in [0.1, 0.15) is 33.2 Å². The van der Waals surface area contributed by atoms with Crippen LogP contribution in [0.15, 0.2) is 57.6 Å². The van der Waals surface area contributed by atoms with Crippen LogP contribution >= 0.6 is 0 Å². The van der Waals surface area contributed by atoms with E-state index >= 15 is 0 Å². The first-order chi connectivity index (χ1) is 14.1. The fourth-order valence-corrected chi connectivity index (χ4v) is 3.70. The Hall–Kier alpha value is -2.99. The molecule has 1 N–H and O–H groups in total. The summed E-state index contributed by atoms with van der Waals surface area (Å²) in [4.78, 5) is 17.1. The van der Waals surface area contributed by atoms with Crippen molar-refractivity contribution in [2.45, 2.75) is 26.9 Å². The van der Waals surface area contributed by atoms with Gasteiger partial charge in [-0.2, -0.15) is 0 Å². The van der Waals surface area contributed by atoms with Crippen LogP contribution in [0.4, 0.5) is 5.69 Å². The number of aryl methyl sites for hydroxylation is 1. The summed E-state index contributed by atoms with van der Waals surface area (Å²) in [6.07, 6.45) is 1.59. The van der Waals surface area contributed by atoms with Crippen LogP contribution < -0.4 is 10.2 Å². The van der Waals surface area contributed by atoms with E-state index in [1.807, 2.05) is 12.1 Å². The van der Waals surface area contributed by atoms with Gasteiger partial charge in [0, 0.05) is 31.9 Å². The zero-order valence-electron chi connectivity index (χ0n) is 17.0. The molecule has 1 saturated heterocycles. The SMILES string of the molecule is Cc1cccc(N2CCN(Cc3ccc(C(=O)NCc4ccco4)o3)CC2)c1C. The number of anilines is 1. The summed E-state index contributed by atoms with van der Waals surface area (Å²) in [5.74, 6) is 1.63. The lowest BCUT2D eigenvalue weighted by Gasteiger charge is -2.36. The van der Waals surface area contributed by atoms with Crippen LogP contribution in [0.2, 0.25) is 0 Å². The van der Waals surface area contributed by atoms with E-state index in [2.05, 4.69) is 47.2 Å². The predicted molar refractivity (Wildman–Crippen MR) is 112 cm³/mol. The lowest BCUT2D eigenvalue weighted by Crippen LogP contribution is -2.46. The van der Waals surface area contributed by atoms with Gasteiger partial charge in [-0.15, -0.1) is 0 Å². The van der Waals surface area contributed by atoms with Crippen LogP contribution in [0.25, 0.3) is 0 Å². The number of benzene rings is 1. The zero-order chi connectivity index (χ0) is 20.2. The Balaban J connectivity index is 1.28. The number of carbonyl (C=O) groups excluding carboxylic acids is 1. The van der Waals surface area contributed by atoms with Crippen molar-refractivity contribution in [2.75, 3.05) is 31.1 Å². The second-order valence-corrected chi connectivity index (χ2v) is 7.51. The highest BCUT2D eigenvalue weighted by molar-refractivity contribution is 5.91. The van der Waals surface area contributed by atoms with E-state index in [0.717, 1.165) is 31.9 Å². The summed E-state index contributed by atoms with van der Waals surface area (Å²) in [7, 11) is 0. The highest BCUT2D eigenvalue weighted by atomic mass is 16.4. The summed E-state index contributed by atoms with van der Waals surface area (Å²) < 4.78 is 11.0. The van der Waals surface area contributed by atoms with E-state index in [1.165, 1.54) is 16.8 Å². The molecule has 6 heteroatoms. The Morgan fingerprint density at radius 2 is 1.83 bits per heavy atom. The summed E-state index contributed by atoms with van der Waals surface area (Å²) in [5.41, 5.74) is 4.02. The zero-order valence-corrected chi connectivity index (χ0v) is 17.0. The lowest BCUT2D eigenvalue weighted by molar-refractivity contribution is 0.0916. The third-order valence-electron chi connectivity index (χ3n) is 5.56. The van der Waals surface area contributed by atoms with Crippen molar-refractivity contribution in [1.29, 1.82) is 0 Å². The molecule has 1 aromatic carbocycles. The third-order valence-corrected chi connectivity index (χ3v) is 5.56. The van der Waals surface area contributed by atoms with Crippen LogP contribution in [0, 0.1) is 13.8 Å². The highest BCUT2D eigenvalue weighted by Crippen LogP contribution is 2.24. The van der Waals surface area contributed by atoms with Crippen molar-refractivity contribution in [2.24, 2.45) is 0 Å². The van der Waals surface area contributed by atoms with Gasteiger partial charge in [0.2, 0.25) is 0 Å². The van der Waals surface area contributed by atoms with Gasteiger partial charge in [-0.3, -0.25) is 9.69 Å². The van der Waals surface area contributed by atoms with Crippen molar-refractivity contribution in [3.63, 3.8) is 0 Å². The molecule has 0 radical (unpaired) electrons. The minimum Gasteiger partial charge on any atom is -0.467 e. The van der Waals surface area contributed by atoms with Crippen LogP contribution in [0.5, 0.6) is 0 Å². The molecule has 29 heavy (non-hydrogen) atoms. The maximum absolute atomic E-state index is 12.2. The van der Waals surface area contributed by atoms with Crippen molar-refractivity contribution >= 4 is 11.6 Å². The monoisotopic (exact) mass is 393 g/mol. The van der Waals surface area contributed by atoms with Gasteiger partial charge in [0.1, 0.15) is 11.5 Å². The molecule has 1 aliphatic heterocycles. The maximum atomic E-state index is 12.2. The van der Waals surface area contributed by atoms with Crippen molar-refractivity contribution in [3.05, 3.63) is 77.1 Å². The molecule has 0 aliphatic carbocycles. The first kappa shape index (κ1) is 19.3. The van der Waals surface area contributed by atoms with Crippen LogP contribution in [0.3, 0.4) is 0 Å². The molecular formula is C23H27N3O3. The Bertz CT molecular complexity index is 954. The molecule has 4 rings (SSSR count). The topological polar surface area (TPSA) is 61.9 Å². The second-order valence-electron chi connectivity index (χ2n) is 7.51. The number of hydrogen-bond acceptors (Lipinski definition) is 5. The Kier molecular flexibility index (Phi) is 5.71. The summed E-state index contributed by atoms with van der Waals surface area (Å²) in [6.45, 7) is 9.33. The number of piperazine rings is 1. The number of amides is 1. The molecule has 0 saturated carbocycles. The average molecular weight is 393 g/mol. The fraction of sp³-hybridized carbons (Fsp3) is 0.348. The molecule has 6 nitrogen and oxygen atoms in total. The molecule has 2 aromatic heterocycles.